The van der Waals surface area contributed by atoms with Crippen molar-refractivity contribution < 1.29 is 14.0 Å². The number of amides is 2. The van der Waals surface area contributed by atoms with Crippen molar-refractivity contribution in [3.05, 3.63) is 29.0 Å². The number of hydrogen-bond donors (Lipinski definition) is 1. The third-order valence-electron chi connectivity index (χ3n) is 4.20. The molecule has 1 aliphatic rings. The van der Waals surface area contributed by atoms with E-state index in [9.17, 15) is 14.0 Å². The Hall–Kier alpha value is -1.66. The molecule has 1 fully saturated rings. The van der Waals surface area contributed by atoms with Gasteiger partial charge in [-0.1, -0.05) is 18.5 Å². The second-order valence-corrected chi connectivity index (χ2v) is 6.56. The number of likely N-dealkylation sites (N-methyl/N-ethyl adjacent to an activating group) is 1. The highest BCUT2D eigenvalue weighted by Gasteiger charge is 2.32. The zero-order valence-electron chi connectivity index (χ0n) is 13.5. The molecule has 0 spiro atoms. The van der Waals surface area contributed by atoms with Gasteiger partial charge in [-0.2, -0.15) is 0 Å². The summed E-state index contributed by atoms with van der Waals surface area (Å²) in [5, 5.41) is 2.56. The second-order valence-electron chi connectivity index (χ2n) is 6.12. The molecule has 0 bridgehead atoms. The Kier molecular flexibility index (Phi) is 5.59. The molecule has 5 nitrogen and oxygen atoms in total. The maximum atomic E-state index is 13.3. The lowest BCUT2D eigenvalue weighted by Crippen LogP contribution is -2.52. The fourth-order valence-corrected chi connectivity index (χ4v) is 3.26. The van der Waals surface area contributed by atoms with Crippen molar-refractivity contribution >= 4 is 29.1 Å². The minimum atomic E-state index is -0.791. The number of halogens is 2. The van der Waals surface area contributed by atoms with Gasteiger partial charge in [0.25, 0.3) is 0 Å². The number of hydrogen-bond acceptors (Lipinski definition) is 3. The van der Waals surface area contributed by atoms with Crippen LogP contribution in [0, 0.1) is 11.7 Å². The summed E-state index contributed by atoms with van der Waals surface area (Å²) in [6.07, 6.45) is 0.818. The lowest BCUT2D eigenvalue weighted by molar-refractivity contribution is -0.145. The van der Waals surface area contributed by atoms with Crippen LogP contribution >= 0.6 is 11.6 Å². The van der Waals surface area contributed by atoms with Crippen LogP contribution in [-0.4, -0.2) is 54.8 Å². The summed E-state index contributed by atoms with van der Waals surface area (Å²) in [4.78, 5) is 28.1. The van der Waals surface area contributed by atoms with Gasteiger partial charge >= 0.3 is 11.8 Å². The molecule has 2 atom stereocenters. The van der Waals surface area contributed by atoms with Crippen molar-refractivity contribution in [2.45, 2.75) is 19.4 Å². The lowest BCUT2D eigenvalue weighted by atomic mass is 9.93. The van der Waals surface area contributed by atoms with E-state index in [4.69, 9.17) is 11.6 Å². The van der Waals surface area contributed by atoms with Gasteiger partial charge in [-0.15, -0.1) is 0 Å². The highest BCUT2D eigenvalue weighted by Crippen LogP contribution is 2.21. The van der Waals surface area contributed by atoms with E-state index in [0.717, 1.165) is 31.6 Å². The zero-order chi connectivity index (χ0) is 17.1. The summed E-state index contributed by atoms with van der Waals surface area (Å²) in [7, 11) is 3.67. The molecule has 1 aromatic rings. The Morgan fingerprint density at radius 3 is 2.70 bits per heavy atom. The second kappa shape index (κ2) is 7.27. The van der Waals surface area contributed by atoms with Gasteiger partial charge in [-0.05, 0) is 44.1 Å². The SMILES string of the molecule is C[C@@H]1CN(C)CC[C@H]1N(C)C(=O)C(=O)Nc1cc(F)cc(Cl)c1. The number of benzene rings is 1. The van der Waals surface area contributed by atoms with Gasteiger partial charge < -0.3 is 15.1 Å². The van der Waals surface area contributed by atoms with E-state index < -0.39 is 17.6 Å². The quantitative estimate of drug-likeness (QED) is 0.839. The van der Waals surface area contributed by atoms with Crippen molar-refractivity contribution in [3.63, 3.8) is 0 Å². The predicted octanol–water partition coefficient (Wildman–Crippen LogP) is 2.22. The molecule has 0 unspecified atom stereocenters. The molecule has 23 heavy (non-hydrogen) atoms. The van der Waals surface area contributed by atoms with Gasteiger partial charge in [0.15, 0.2) is 0 Å². The summed E-state index contributed by atoms with van der Waals surface area (Å²) >= 11 is 5.74. The molecule has 0 saturated carbocycles. The average Bonchev–Trinajstić information content (AvgIpc) is 2.44. The Morgan fingerprint density at radius 1 is 1.39 bits per heavy atom. The monoisotopic (exact) mass is 341 g/mol. The van der Waals surface area contributed by atoms with Gasteiger partial charge in [0, 0.05) is 30.3 Å². The number of rotatable bonds is 2. The van der Waals surface area contributed by atoms with Crippen LogP contribution in [-0.2, 0) is 9.59 Å². The van der Waals surface area contributed by atoms with Crippen LogP contribution in [0.4, 0.5) is 10.1 Å². The molecule has 2 amide bonds. The van der Waals surface area contributed by atoms with Crippen LogP contribution in [0.25, 0.3) is 0 Å². The summed E-state index contributed by atoms with van der Waals surface area (Å²) in [6, 6.07) is 3.66. The van der Waals surface area contributed by atoms with Crippen LogP contribution in [0.3, 0.4) is 0 Å². The van der Waals surface area contributed by atoms with E-state index in [0.29, 0.717) is 0 Å². The maximum absolute atomic E-state index is 13.3. The first-order valence-corrected chi connectivity index (χ1v) is 7.88. The minimum Gasteiger partial charge on any atom is -0.334 e. The van der Waals surface area contributed by atoms with Gasteiger partial charge in [0.05, 0.1) is 0 Å². The molecule has 1 aliphatic heterocycles. The molecular formula is C16H21ClFN3O2. The largest absolute Gasteiger partial charge is 0.334 e. The number of nitrogens with one attached hydrogen (secondary N) is 1. The van der Waals surface area contributed by atoms with Crippen molar-refractivity contribution in [3.8, 4) is 0 Å². The van der Waals surface area contributed by atoms with Crippen LogP contribution in [0.5, 0.6) is 0 Å². The Morgan fingerprint density at radius 2 is 2.09 bits per heavy atom. The van der Waals surface area contributed by atoms with Gasteiger partial charge in [-0.3, -0.25) is 9.59 Å². The standard InChI is InChI=1S/C16H21ClFN3O2/c1-10-9-20(2)5-4-14(10)21(3)16(23)15(22)19-13-7-11(17)6-12(18)8-13/h6-8,10,14H,4-5,9H2,1-3H3,(H,19,22)/t10-,14-/m1/s1. The van der Waals surface area contributed by atoms with E-state index in [1.807, 2.05) is 7.05 Å². The molecule has 126 valence electrons. The average molecular weight is 342 g/mol. The fraction of sp³-hybridized carbons (Fsp3) is 0.500. The van der Waals surface area contributed by atoms with Crippen molar-refractivity contribution in [2.75, 3.05) is 32.5 Å². The van der Waals surface area contributed by atoms with Crippen molar-refractivity contribution in [1.29, 1.82) is 0 Å². The third-order valence-corrected chi connectivity index (χ3v) is 4.41. The molecule has 1 aromatic carbocycles. The molecule has 0 aromatic heterocycles. The normalized spacial score (nSPS) is 21.8. The molecule has 2 rings (SSSR count). The molecule has 1 saturated heterocycles. The summed E-state index contributed by atoms with van der Waals surface area (Å²) in [5.41, 5.74) is 0.165. The van der Waals surface area contributed by atoms with E-state index in [-0.39, 0.29) is 22.7 Å². The molecule has 7 heteroatoms. The van der Waals surface area contributed by atoms with E-state index in [2.05, 4.69) is 17.1 Å². The number of carbonyl (C=O) groups excluding carboxylic acids is 2. The van der Waals surface area contributed by atoms with Crippen LogP contribution in [0.2, 0.25) is 5.02 Å². The number of nitrogens with zero attached hydrogens (tertiary/aromatic N) is 2. The first-order valence-electron chi connectivity index (χ1n) is 7.50. The molecule has 0 radical (unpaired) electrons. The predicted molar refractivity (Wildman–Crippen MR) is 87.9 cm³/mol. The zero-order valence-corrected chi connectivity index (χ0v) is 14.2. The molecule has 1 heterocycles. The molecule has 1 N–H and O–H groups in total. The smallest absolute Gasteiger partial charge is 0.313 e. The van der Waals surface area contributed by atoms with Crippen LogP contribution in [0.1, 0.15) is 13.3 Å². The number of piperidine rings is 1. The number of carbonyl (C=O) groups is 2. The molecular weight excluding hydrogens is 321 g/mol. The van der Waals surface area contributed by atoms with E-state index in [1.165, 1.54) is 11.0 Å². The number of likely N-dealkylation sites (tertiary alicyclic amines) is 1. The summed E-state index contributed by atoms with van der Waals surface area (Å²) < 4.78 is 13.3. The topological polar surface area (TPSA) is 52.7 Å². The van der Waals surface area contributed by atoms with Crippen LogP contribution < -0.4 is 5.32 Å². The van der Waals surface area contributed by atoms with Crippen LogP contribution in [0.15, 0.2) is 18.2 Å². The summed E-state index contributed by atoms with van der Waals surface area (Å²) in [6.45, 7) is 3.82. The Balaban J connectivity index is 2.02. The Labute approximate surface area is 140 Å². The van der Waals surface area contributed by atoms with Crippen molar-refractivity contribution in [2.24, 2.45) is 5.92 Å². The van der Waals surface area contributed by atoms with Gasteiger partial charge in [0.1, 0.15) is 5.82 Å². The first-order chi connectivity index (χ1) is 10.8. The fourth-order valence-electron chi connectivity index (χ4n) is 3.04. The minimum absolute atomic E-state index is 0.0144. The highest BCUT2D eigenvalue weighted by molar-refractivity contribution is 6.39. The Bertz CT molecular complexity index is 591. The van der Waals surface area contributed by atoms with Gasteiger partial charge in [0.2, 0.25) is 0 Å². The maximum Gasteiger partial charge on any atom is 0.313 e. The lowest BCUT2D eigenvalue weighted by Gasteiger charge is -2.39. The van der Waals surface area contributed by atoms with E-state index >= 15 is 0 Å². The van der Waals surface area contributed by atoms with Gasteiger partial charge in [-0.25, -0.2) is 4.39 Å². The van der Waals surface area contributed by atoms with E-state index in [1.54, 1.807) is 7.05 Å². The third kappa shape index (κ3) is 4.42. The first kappa shape index (κ1) is 17.7. The highest BCUT2D eigenvalue weighted by atomic mass is 35.5. The van der Waals surface area contributed by atoms with Crippen molar-refractivity contribution in [1.82, 2.24) is 9.80 Å². The summed E-state index contributed by atoms with van der Waals surface area (Å²) in [5.74, 6) is -1.72. The number of anilines is 1. The molecule has 0 aliphatic carbocycles.